The fourth-order valence-electron chi connectivity index (χ4n) is 1.87. The van der Waals surface area contributed by atoms with Crippen molar-refractivity contribution in [3.63, 3.8) is 0 Å². The molecule has 20 heavy (non-hydrogen) atoms. The summed E-state index contributed by atoms with van der Waals surface area (Å²) in [6.45, 7) is 0.468. The zero-order valence-corrected chi connectivity index (χ0v) is 11.7. The third-order valence-electron chi connectivity index (χ3n) is 2.85. The molecule has 0 aliphatic carbocycles. The molecule has 0 amide bonds. The van der Waals surface area contributed by atoms with Crippen molar-refractivity contribution in [2.24, 2.45) is 5.73 Å². The highest BCUT2D eigenvalue weighted by molar-refractivity contribution is 5.28. The van der Waals surface area contributed by atoms with E-state index in [0.29, 0.717) is 31.2 Å². The Hall–Kier alpha value is -1.92. The lowest BCUT2D eigenvalue weighted by Crippen LogP contribution is -2.28. The van der Waals surface area contributed by atoms with Crippen molar-refractivity contribution in [1.29, 1.82) is 0 Å². The maximum Gasteiger partial charge on any atom is 0.228 e. The van der Waals surface area contributed by atoms with Crippen LogP contribution in [0.5, 0.6) is 5.75 Å². The first-order valence-electron chi connectivity index (χ1n) is 6.40. The molecular weight excluding hydrogens is 258 g/mol. The summed E-state index contributed by atoms with van der Waals surface area (Å²) in [5, 5.41) is 3.95. The maximum absolute atomic E-state index is 5.84. The van der Waals surface area contributed by atoms with Gasteiger partial charge in [0.25, 0.3) is 0 Å². The quantitative estimate of drug-likeness (QED) is 0.818. The first-order valence-corrected chi connectivity index (χ1v) is 6.40. The molecule has 108 valence electrons. The van der Waals surface area contributed by atoms with Gasteiger partial charge in [-0.2, -0.15) is 4.98 Å². The first kappa shape index (κ1) is 14.5. The molecule has 0 fully saturated rings. The van der Waals surface area contributed by atoms with Crippen molar-refractivity contribution < 1.29 is 14.0 Å². The summed E-state index contributed by atoms with van der Waals surface area (Å²) in [4.78, 5) is 4.33. The fourth-order valence-corrected chi connectivity index (χ4v) is 1.87. The molecule has 0 spiro atoms. The summed E-state index contributed by atoms with van der Waals surface area (Å²) in [5.74, 6) is 2.01. The van der Waals surface area contributed by atoms with Crippen LogP contribution in [0, 0.1) is 0 Å². The van der Waals surface area contributed by atoms with Gasteiger partial charge in [0.1, 0.15) is 5.75 Å². The summed E-state index contributed by atoms with van der Waals surface area (Å²) in [5.41, 5.74) is 6.94. The van der Waals surface area contributed by atoms with E-state index in [2.05, 4.69) is 10.1 Å². The molecule has 2 aromatic rings. The van der Waals surface area contributed by atoms with Crippen LogP contribution in [0.15, 0.2) is 28.8 Å². The number of methoxy groups -OCH3 is 2. The molecule has 0 aliphatic rings. The van der Waals surface area contributed by atoms with E-state index in [1.54, 1.807) is 14.2 Å². The van der Waals surface area contributed by atoms with Crippen LogP contribution >= 0.6 is 0 Å². The van der Waals surface area contributed by atoms with E-state index in [1.807, 2.05) is 24.3 Å². The Morgan fingerprint density at radius 2 is 2.00 bits per heavy atom. The van der Waals surface area contributed by atoms with E-state index in [0.717, 1.165) is 11.3 Å². The van der Waals surface area contributed by atoms with Crippen LogP contribution in [0.3, 0.4) is 0 Å². The Kier molecular flexibility index (Phi) is 5.09. The van der Waals surface area contributed by atoms with Crippen LogP contribution in [0.4, 0.5) is 0 Å². The fraction of sp³-hybridized carbons (Fsp3) is 0.429. The molecule has 1 unspecified atom stereocenters. The summed E-state index contributed by atoms with van der Waals surface area (Å²) < 4.78 is 15.3. The van der Waals surface area contributed by atoms with Crippen LogP contribution in [-0.4, -0.2) is 37.0 Å². The summed E-state index contributed by atoms with van der Waals surface area (Å²) in [6, 6.07) is 7.64. The van der Waals surface area contributed by atoms with Crippen LogP contribution in [0.1, 0.15) is 17.3 Å². The molecular formula is C14H19N3O3. The number of rotatable bonds is 7. The van der Waals surface area contributed by atoms with Gasteiger partial charge in [-0.25, -0.2) is 0 Å². The van der Waals surface area contributed by atoms with Crippen molar-refractivity contribution in [1.82, 2.24) is 10.1 Å². The second-order valence-corrected chi connectivity index (χ2v) is 4.55. The van der Waals surface area contributed by atoms with Gasteiger partial charge in [0, 0.05) is 26.0 Å². The Bertz CT molecular complexity index is 525. The molecule has 0 saturated carbocycles. The van der Waals surface area contributed by atoms with E-state index in [1.165, 1.54) is 0 Å². The van der Waals surface area contributed by atoms with Crippen molar-refractivity contribution in [2.45, 2.75) is 18.9 Å². The van der Waals surface area contributed by atoms with E-state index >= 15 is 0 Å². The molecule has 1 aromatic carbocycles. The number of hydrogen-bond donors (Lipinski definition) is 1. The van der Waals surface area contributed by atoms with Crippen molar-refractivity contribution in [2.75, 3.05) is 20.8 Å². The highest BCUT2D eigenvalue weighted by Crippen LogP contribution is 2.13. The zero-order chi connectivity index (χ0) is 14.4. The molecule has 0 aliphatic heterocycles. The third kappa shape index (κ3) is 4.04. The van der Waals surface area contributed by atoms with Crippen molar-refractivity contribution in [3.8, 4) is 5.75 Å². The highest BCUT2D eigenvalue weighted by atomic mass is 16.5. The Morgan fingerprint density at radius 1 is 1.25 bits per heavy atom. The lowest BCUT2D eigenvalue weighted by Gasteiger charge is -2.05. The van der Waals surface area contributed by atoms with E-state index in [-0.39, 0.29) is 6.04 Å². The number of aromatic nitrogens is 2. The van der Waals surface area contributed by atoms with Gasteiger partial charge in [-0.1, -0.05) is 17.3 Å². The molecule has 1 heterocycles. The van der Waals surface area contributed by atoms with Gasteiger partial charge in [0.05, 0.1) is 13.7 Å². The molecule has 1 aromatic heterocycles. The maximum atomic E-state index is 5.84. The van der Waals surface area contributed by atoms with Crippen LogP contribution in [0.2, 0.25) is 0 Å². The minimum atomic E-state index is -0.130. The largest absolute Gasteiger partial charge is 0.497 e. The van der Waals surface area contributed by atoms with Crippen LogP contribution in [-0.2, 0) is 17.6 Å². The van der Waals surface area contributed by atoms with Gasteiger partial charge < -0.3 is 19.7 Å². The Labute approximate surface area is 117 Å². The summed E-state index contributed by atoms with van der Waals surface area (Å²) >= 11 is 0. The molecule has 2 N–H and O–H groups in total. The zero-order valence-electron chi connectivity index (χ0n) is 11.7. The summed E-state index contributed by atoms with van der Waals surface area (Å²) in [7, 11) is 3.26. The molecule has 2 rings (SSSR count). The van der Waals surface area contributed by atoms with E-state index < -0.39 is 0 Å². The lowest BCUT2D eigenvalue weighted by molar-refractivity contribution is 0.176. The third-order valence-corrected chi connectivity index (χ3v) is 2.85. The predicted octanol–water partition coefficient (Wildman–Crippen LogP) is 1.19. The smallest absolute Gasteiger partial charge is 0.228 e. The average Bonchev–Trinajstić information content (AvgIpc) is 2.87. The second kappa shape index (κ2) is 7.02. The average molecular weight is 277 g/mol. The SMILES string of the molecule is COCC(N)Cc1nc(Cc2ccc(OC)cc2)no1. The standard InChI is InChI=1S/C14H19N3O3/c1-18-9-11(15)8-14-16-13(17-20-14)7-10-3-5-12(19-2)6-4-10/h3-6,11H,7-9,15H2,1-2H3. The number of ether oxygens (including phenoxy) is 2. The van der Waals surface area contributed by atoms with E-state index in [9.17, 15) is 0 Å². The minimum absolute atomic E-state index is 0.130. The lowest BCUT2D eigenvalue weighted by atomic mass is 10.1. The molecule has 1 atom stereocenters. The van der Waals surface area contributed by atoms with Crippen LogP contribution in [0.25, 0.3) is 0 Å². The van der Waals surface area contributed by atoms with Gasteiger partial charge in [-0.15, -0.1) is 0 Å². The molecule has 0 saturated heterocycles. The monoisotopic (exact) mass is 277 g/mol. The number of nitrogens with zero attached hydrogens (tertiary/aromatic N) is 2. The number of hydrogen-bond acceptors (Lipinski definition) is 6. The van der Waals surface area contributed by atoms with E-state index in [4.69, 9.17) is 19.7 Å². The van der Waals surface area contributed by atoms with Crippen molar-refractivity contribution in [3.05, 3.63) is 41.5 Å². The van der Waals surface area contributed by atoms with Crippen LogP contribution < -0.4 is 10.5 Å². The summed E-state index contributed by atoms with van der Waals surface area (Å²) in [6.07, 6.45) is 1.14. The van der Waals surface area contributed by atoms with Gasteiger partial charge in [-0.3, -0.25) is 0 Å². The predicted molar refractivity (Wildman–Crippen MR) is 73.7 cm³/mol. The van der Waals surface area contributed by atoms with Gasteiger partial charge >= 0.3 is 0 Å². The van der Waals surface area contributed by atoms with Gasteiger partial charge in [0.15, 0.2) is 5.82 Å². The Morgan fingerprint density at radius 3 is 2.65 bits per heavy atom. The molecule has 0 bridgehead atoms. The topological polar surface area (TPSA) is 83.4 Å². The van der Waals surface area contributed by atoms with Crippen molar-refractivity contribution >= 4 is 0 Å². The molecule has 6 nitrogen and oxygen atoms in total. The minimum Gasteiger partial charge on any atom is -0.497 e. The van der Waals surface area contributed by atoms with Gasteiger partial charge in [-0.05, 0) is 17.7 Å². The number of nitrogens with two attached hydrogens (primary N) is 1. The first-order chi connectivity index (χ1) is 9.71. The highest BCUT2D eigenvalue weighted by Gasteiger charge is 2.11. The molecule has 0 radical (unpaired) electrons. The molecule has 6 heteroatoms. The number of benzene rings is 1. The second-order valence-electron chi connectivity index (χ2n) is 4.55. The normalized spacial score (nSPS) is 12.3. The Balaban J connectivity index is 1.94. The van der Waals surface area contributed by atoms with Gasteiger partial charge in [0.2, 0.25) is 5.89 Å².